The summed E-state index contributed by atoms with van der Waals surface area (Å²) in [6, 6.07) is 4.61. The van der Waals surface area contributed by atoms with E-state index >= 15 is 0 Å². The maximum atomic E-state index is 14.6. The van der Waals surface area contributed by atoms with Crippen LogP contribution in [0.4, 0.5) is 14.9 Å². The number of anilines is 1. The van der Waals surface area contributed by atoms with Gasteiger partial charge in [-0.1, -0.05) is 11.2 Å². The SMILES string of the molecule is CC(=O)NC[C@H]1CN(c2ccc(C3CCC(N=O)CC3)c(F)c2)C(=O)O1. The molecule has 0 bridgehead atoms. The molecule has 7 nitrogen and oxygen atoms in total. The molecule has 26 heavy (non-hydrogen) atoms. The van der Waals surface area contributed by atoms with Crippen LogP contribution in [-0.4, -0.2) is 37.2 Å². The second kappa shape index (κ2) is 7.80. The van der Waals surface area contributed by atoms with Crippen LogP contribution in [-0.2, 0) is 9.53 Å². The largest absolute Gasteiger partial charge is 0.442 e. The molecule has 1 aliphatic heterocycles. The Bertz CT molecular complexity index is 704. The minimum atomic E-state index is -0.551. The van der Waals surface area contributed by atoms with Crippen molar-refractivity contribution in [1.82, 2.24) is 5.32 Å². The van der Waals surface area contributed by atoms with Crippen molar-refractivity contribution in [1.29, 1.82) is 0 Å². The number of halogens is 1. The Balaban J connectivity index is 1.67. The molecule has 0 spiro atoms. The van der Waals surface area contributed by atoms with Crippen molar-refractivity contribution in [3.05, 3.63) is 34.5 Å². The number of nitroso groups, excluding NO2 is 1. The summed E-state index contributed by atoms with van der Waals surface area (Å²) in [7, 11) is 0. The average molecular weight is 363 g/mol. The molecule has 2 fully saturated rings. The number of carbonyl (C=O) groups is 2. The molecule has 1 atom stereocenters. The third-order valence-corrected chi connectivity index (χ3v) is 5.03. The van der Waals surface area contributed by atoms with Crippen LogP contribution in [0.1, 0.15) is 44.1 Å². The first kappa shape index (κ1) is 18.3. The minimum Gasteiger partial charge on any atom is -0.442 e. The minimum absolute atomic E-state index is 0.0695. The van der Waals surface area contributed by atoms with Gasteiger partial charge < -0.3 is 10.1 Å². The Morgan fingerprint density at radius 3 is 2.69 bits per heavy atom. The van der Waals surface area contributed by atoms with E-state index in [9.17, 15) is 18.9 Å². The van der Waals surface area contributed by atoms with Crippen LogP contribution in [0.15, 0.2) is 23.4 Å². The molecular formula is C18H22FN3O4. The predicted octanol–water partition coefficient (Wildman–Crippen LogP) is 3.08. The van der Waals surface area contributed by atoms with Gasteiger partial charge in [0.05, 0.1) is 24.8 Å². The molecule has 1 aromatic rings. The Labute approximate surface area is 150 Å². The fraction of sp³-hybridized carbons (Fsp3) is 0.556. The average Bonchev–Trinajstić information content (AvgIpc) is 3.01. The van der Waals surface area contributed by atoms with Gasteiger partial charge in [0.15, 0.2) is 0 Å². The van der Waals surface area contributed by atoms with Gasteiger partial charge in [0.2, 0.25) is 5.91 Å². The van der Waals surface area contributed by atoms with Gasteiger partial charge in [-0.15, -0.1) is 0 Å². The Morgan fingerprint density at radius 2 is 2.08 bits per heavy atom. The summed E-state index contributed by atoms with van der Waals surface area (Å²) in [5.41, 5.74) is 1.05. The maximum absolute atomic E-state index is 14.6. The zero-order valence-electron chi connectivity index (χ0n) is 14.6. The van der Waals surface area contributed by atoms with Crippen LogP contribution >= 0.6 is 0 Å². The number of nitrogens with zero attached hydrogens (tertiary/aromatic N) is 2. The predicted molar refractivity (Wildman–Crippen MR) is 93.5 cm³/mol. The van der Waals surface area contributed by atoms with Gasteiger partial charge in [-0.25, -0.2) is 9.18 Å². The van der Waals surface area contributed by atoms with Crippen LogP contribution in [0.25, 0.3) is 0 Å². The van der Waals surface area contributed by atoms with Gasteiger partial charge >= 0.3 is 6.09 Å². The quantitative estimate of drug-likeness (QED) is 0.814. The standard InChI is InChI=1S/C18H22FN3O4/c1-11(23)20-9-15-10-22(18(24)26-15)14-6-7-16(17(19)8-14)12-2-4-13(21-25)5-3-12/h6-8,12-13,15H,2-5,9-10H2,1H3,(H,20,23)/t12?,13?,15-/m0/s1. The maximum Gasteiger partial charge on any atom is 0.414 e. The van der Waals surface area contributed by atoms with E-state index in [1.807, 2.05) is 0 Å². The van der Waals surface area contributed by atoms with E-state index in [2.05, 4.69) is 10.5 Å². The molecule has 1 saturated heterocycles. The van der Waals surface area contributed by atoms with Crippen LogP contribution in [0, 0.1) is 10.7 Å². The number of cyclic esters (lactones) is 1. The van der Waals surface area contributed by atoms with E-state index in [4.69, 9.17) is 4.74 Å². The molecular weight excluding hydrogens is 341 g/mol. The number of benzene rings is 1. The lowest BCUT2D eigenvalue weighted by molar-refractivity contribution is -0.119. The molecule has 2 aliphatic rings. The first-order chi connectivity index (χ1) is 12.5. The second-order valence-electron chi connectivity index (χ2n) is 6.87. The van der Waals surface area contributed by atoms with Crippen molar-refractivity contribution in [3.63, 3.8) is 0 Å². The van der Waals surface area contributed by atoms with Crippen molar-refractivity contribution >= 4 is 17.7 Å². The number of nitrogens with one attached hydrogen (secondary N) is 1. The molecule has 2 amide bonds. The first-order valence-electron chi connectivity index (χ1n) is 8.82. The highest BCUT2D eigenvalue weighted by atomic mass is 19.1. The summed E-state index contributed by atoms with van der Waals surface area (Å²) in [6.45, 7) is 1.88. The topological polar surface area (TPSA) is 88.1 Å². The van der Waals surface area contributed by atoms with Gasteiger partial charge in [0.1, 0.15) is 11.9 Å². The normalized spacial score (nSPS) is 25.7. The summed E-state index contributed by atoms with van der Waals surface area (Å²) >= 11 is 0. The summed E-state index contributed by atoms with van der Waals surface area (Å²) in [5, 5.41) is 5.68. The summed E-state index contributed by atoms with van der Waals surface area (Å²) < 4.78 is 19.8. The molecule has 8 heteroatoms. The van der Waals surface area contributed by atoms with E-state index in [0.717, 1.165) is 12.8 Å². The second-order valence-corrected chi connectivity index (χ2v) is 6.87. The highest BCUT2D eigenvalue weighted by Gasteiger charge is 2.33. The molecule has 1 aliphatic carbocycles. The fourth-order valence-corrected chi connectivity index (χ4v) is 3.60. The monoisotopic (exact) mass is 363 g/mol. The number of ether oxygens (including phenoxy) is 1. The molecule has 1 aromatic carbocycles. The molecule has 1 saturated carbocycles. The van der Waals surface area contributed by atoms with Crippen molar-refractivity contribution in [2.45, 2.75) is 50.7 Å². The molecule has 140 valence electrons. The lowest BCUT2D eigenvalue weighted by Crippen LogP contribution is -2.33. The van der Waals surface area contributed by atoms with Crippen LogP contribution in [0.3, 0.4) is 0 Å². The van der Waals surface area contributed by atoms with E-state index in [1.165, 1.54) is 17.9 Å². The number of hydrogen-bond acceptors (Lipinski definition) is 5. The van der Waals surface area contributed by atoms with Gasteiger partial charge in [-0.2, -0.15) is 4.91 Å². The third kappa shape index (κ3) is 4.00. The fourth-order valence-electron chi connectivity index (χ4n) is 3.60. The van der Waals surface area contributed by atoms with Gasteiger partial charge in [-0.05, 0) is 49.3 Å². The first-order valence-corrected chi connectivity index (χ1v) is 8.82. The summed E-state index contributed by atoms with van der Waals surface area (Å²) in [4.78, 5) is 35.0. The van der Waals surface area contributed by atoms with Crippen molar-refractivity contribution < 1.29 is 18.7 Å². The van der Waals surface area contributed by atoms with Gasteiger partial charge in [0.25, 0.3) is 0 Å². The third-order valence-electron chi connectivity index (χ3n) is 5.03. The van der Waals surface area contributed by atoms with Crippen molar-refractivity contribution in [2.24, 2.45) is 5.18 Å². The van der Waals surface area contributed by atoms with Crippen LogP contribution in [0.5, 0.6) is 0 Å². The van der Waals surface area contributed by atoms with Gasteiger partial charge in [0, 0.05) is 6.92 Å². The number of amides is 2. The molecule has 0 unspecified atom stereocenters. The number of rotatable bonds is 5. The van der Waals surface area contributed by atoms with E-state index in [0.29, 0.717) is 24.1 Å². The molecule has 1 N–H and O–H groups in total. The molecule has 0 radical (unpaired) electrons. The van der Waals surface area contributed by atoms with Crippen LogP contribution in [0.2, 0.25) is 0 Å². The highest BCUT2D eigenvalue weighted by molar-refractivity contribution is 5.89. The van der Waals surface area contributed by atoms with Crippen molar-refractivity contribution in [3.8, 4) is 0 Å². The zero-order chi connectivity index (χ0) is 18.7. The van der Waals surface area contributed by atoms with E-state index in [-0.39, 0.29) is 36.8 Å². The van der Waals surface area contributed by atoms with E-state index < -0.39 is 12.2 Å². The summed E-state index contributed by atoms with van der Waals surface area (Å²) in [6.07, 6.45) is 1.82. The Hall–Kier alpha value is -2.51. The van der Waals surface area contributed by atoms with Gasteiger partial charge in [-0.3, -0.25) is 9.69 Å². The summed E-state index contributed by atoms with van der Waals surface area (Å²) in [5.74, 6) is -0.488. The molecule has 0 aromatic heterocycles. The van der Waals surface area contributed by atoms with E-state index in [1.54, 1.807) is 12.1 Å². The lowest BCUT2D eigenvalue weighted by atomic mass is 9.82. The lowest BCUT2D eigenvalue weighted by Gasteiger charge is -2.25. The van der Waals surface area contributed by atoms with Crippen molar-refractivity contribution in [2.75, 3.05) is 18.0 Å². The Kier molecular flexibility index (Phi) is 5.49. The zero-order valence-corrected chi connectivity index (χ0v) is 14.6. The smallest absolute Gasteiger partial charge is 0.414 e. The molecule has 1 heterocycles. The molecule has 3 rings (SSSR count). The highest BCUT2D eigenvalue weighted by Crippen LogP contribution is 2.36. The number of carbonyl (C=O) groups excluding carboxylic acids is 2. The Morgan fingerprint density at radius 1 is 1.35 bits per heavy atom. The van der Waals surface area contributed by atoms with Crippen LogP contribution < -0.4 is 10.2 Å². The number of hydrogen-bond donors (Lipinski definition) is 1.